The van der Waals surface area contributed by atoms with Gasteiger partial charge in [0.1, 0.15) is 5.75 Å². The third kappa shape index (κ3) is 4.17. The van der Waals surface area contributed by atoms with Crippen LogP contribution in [0.1, 0.15) is 0 Å². The molecule has 1 unspecified atom stereocenters. The van der Waals surface area contributed by atoms with Gasteiger partial charge in [-0.25, -0.2) is 8.57 Å². The Bertz CT molecular complexity index is 1430. The number of phenolic OH excluding ortho intramolecular Hbond substituents is 1. The molecule has 3 N–H and O–H groups in total. The zero-order valence-corrected chi connectivity index (χ0v) is 18.2. The van der Waals surface area contributed by atoms with Crippen molar-refractivity contribution in [3.63, 3.8) is 0 Å². The number of carboxylic acids is 1. The minimum absolute atomic E-state index is 0.00181. The number of nitrogens with zero attached hydrogens (tertiary/aromatic N) is 1. The second-order valence-electron chi connectivity index (χ2n) is 6.82. The second-order valence-corrected chi connectivity index (χ2v) is 9.93. The van der Waals surface area contributed by atoms with Crippen LogP contribution >= 0.6 is 11.8 Å². The smallest absolute Gasteiger partial charge is 0.313 e. The third-order valence-corrected chi connectivity index (χ3v) is 7.80. The highest BCUT2D eigenvalue weighted by Gasteiger charge is 2.18. The van der Waals surface area contributed by atoms with Crippen molar-refractivity contribution in [2.24, 2.45) is 4.36 Å². The number of hydrogen-bond acceptors (Lipinski definition) is 5. The highest BCUT2D eigenvalue weighted by atomic mass is 32.2. The van der Waals surface area contributed by atoms with Crippen molar-refractivity contribution in [3.8, 4) is 5.75 Å². The average molecular weight is 453 g/mol. The molecule has 0 fully saturated rings. The molecule has 0 amide bonds. The predicted molar refractivity (Wildman–Crippen MR) is 126 cm³/mol. The molecule has 31 heavy (non-hydrogen) atoms. The number of rotatable bonds is 6. The molecule has 0 saturated carbocycles. The van der Waals surface area contributed by atoms with Gasteiger partial charge in [0, 0.05) is 17.8 Å². The first-order valence-corrected chi connectivity index (χ1v) is 11.9. The molecule has 0 aliphatic carbocycles. The largest absolute Gasteiger partial charge is 0.506 e. The van der Waals surface area contributed by atoms with Crippen molar-refractivity contribution in [1.82, 2.24) is 0 Å². The lowest BCUT2D eigenvalue weighted by atomic mass is 10.1. The standard InChI is InChI=1S/C23H20N2O4S2/c1-24-31(29,17-11-10-15-6-2-3-7-16(15)12-17)25-20-13-21(30-14-22(26)27)23(28)19-9-5-4-8-18(19)20/h2-13,28H,14H2,1H3,(H,26,27)(H,24,25,29). The Hall–Kier alpha value is -3.23. The molecule has 6 nitrogen and oxygen atoms in total. The highest BCUT2D eigenvalue weighted by molar-refractivity contribution is 8.00. The number of aliphatic carboxylic acids is 1. The number of fused-ring (bicyclic) bond motifs is 2. The van der Waals surface area contributed by atoms with E-state index in [4.69, 9.17) is 5.11 Å². The third-order valence-electron chi connectivity index (χ3n) is 4.88. The summed E-state index contributed by atoms with van der Waals surface area (Å²) in [5.41, 5.74) is 0.505. The van der Waals surface area contributed by atoms with E-state index in [1.54, 1.807) is 30.3 Å². The van der Waals surface area contributed by atoms with Gasteiger partial charge in [0.05, 0.1) is 21.2 Å². The molecule has 0 aliphatic rings. The molecule has 0 heterocycles. The Morgan fingerprint density at radius 3 is 2.39 bits per heavy atom. The molecule has 0 radical (unpaired) electrons. The van der Waals surface area contributed by atoms with Crippen LogP contribution in [-0.2, 0) is 14.7 Å². The van der Waals surface area contributed by atoms with Gasteiger partial charge in [-0.15, -0.1) is 11.8 Å². The summed E-state index contributed by atoms with van der Waals surface area (Å²) < 4.78 is 21.1. The first-order valence-electron chi connectivity index (χ1n) is 9.42. The zero-order valence-electron chi connectivity index (χ0n) is 16.6. The van der Waals surface area contributed by atoms with Crippen LogP contribution < -0.4 is 4.72 Å². The number of thioether (sulfide) groups is 1. The van der Waals surface area contributed by atoms with Crippen molar-refractivity contribution >= 4 is 54.9 Å². The molecule has 0 aromatic heterocycles. The summed E-state index contributed by atoms with van der Waals surface area (Å²) in [6.45, 7) is 0. The summed E-state index contributed by atoms with van der Waals surface area (Å²) in [7, 11) is -1.54. The van der Waals surface area contributed by atoms with Crippen molar-refractivity contribution < 1.29 is 19.2 Å². The first kappa shape index (κ1) is 21.0. The molecule has 0 aliphatic heterocycles. The lowest BCUT2D eigenvalue weighted by Crippen LogP contribution is -2.13. The number of benzene rings is 4. The zero-order chi connectivity index (χ0) is 22.0. The van der Waals surface area contributed by atoms with Crippen LogP contribution in [0.4, 0.5) is 5.69 Å². The molecule has 1 atom stereocenters. The Morgan fingerprint density at radius 2 is 1.68 bits per heavy atom. The lowest BCUT2D eigenvalue weighted by Gasteiger charge is -2.17. The van der Waals surface area contributed by atoms with E-state index < -0.39 is 15.9 Å². The highest BCUT2D eigenvalue weighted by Crippen LogP contribution is 2.40. The molecule has 4 aromatic rings. The summed E-state index contributed by atoms with van der Waals surface area (Å²) in [6, 6.07) is 22.1. The SMILES string of the molecule is CN=S(=O)(Nc1cc(SCC(=O)O)c(O)c2ccccc12)c1ccc2ccccc2c1. The maximum atomic E-state index is 13.8. The fraction of sp³-hybridized carbons (Fsp3) is 0.0870. The van der Waals surface area contributed by atoms with E-state index in [1.807, 2.05) is 42.5 Å². The predicted octanol–water partition coefficient (Wildman–Crippen LogP) is 5.36. The number of carboxylic acid groups (broad SMARTS) is 1. The van der Waals surface area contributed by atoms with Crippen LogP contribution in [0.2, 0.25) is 0 Å². The Labute approximate surface area is 184 Å². The number of anilines is 1. The summed E-state index contributed by atoms with van der Waals surface area (Å²) in [5.74, 6) is -1.20. The molecule has 0 saturated heterocycles. The van der Waals surface area contributed by atoms with E-state index in [0.717, 1.165) is 22.5 Å². The summed E-state index contributed by atoms with van der Waals surface area (Å²) in [6.07, 6.45) is 0. The average Bonchev–Trinajstić information content (AvgIpc) is 2.79. The quantitative estimate of drug-likeness (QED) is 0.270. The van der Waals surface area contributed by atoms with Crippen LogP contribution in [0.15, 0.2) is 87.0 Å². The lowest BCUT2D eigenvalue weighted by molar-refractivity contribution is -0.133. The van der Waals surface area contributed by atoms with Gasteiger partial charge in [-0.2, -0.15) is 0 Å². The Balaban J connectivity index is 1.84. The van der Waals surface area contributed by atoms with Gasteiger partial charge >= 0.3 is 5.97 Å². The molecule has 158 valence electrons. The molecule has 4 rings (SSSR count). The Kier molecular flexibility index (Phi) is 5.75. The minimum Gasteiger partial charge on any atom is -0.506 e. The number of carbonyl (C=O) groups is 1. The number of nitrogens with one attached hydrogen (secondary N) is 1. The van der Waals surface area contributed by atoms with Gasteiger partial charge in [-0.05, 0) is 29.0 Å². The van der Waals surface area contributed by atoms with E-state index in [-0.39, 0.29) is 11.5 Å². The molecule has 8 heteroatoms. The Morgan fingerprint density at radius 1 is 1.00 bits per heavy atom. The van der Waals surface area contributed by atoms with E-state index in [9.17, 15) is 14.1 Å². The van der Waals surface area contributed by atoms with Gasteiger partial charge in [0.2, 0.25) is 0 Å². The van der Waals surface area contributed by atoms with Gasteiger partial charge in [0.15, 0.2) is 9.92 Å². The fourth-order valence-electron chi connectivity index (χ4n) is 3.37. The van der Waals surface area contributed by atoms with Crippen molar-refractivity contribution in [2.45, 2.75) is 9.79 Å². The molecule has 0 bridgehead atoms. The molecule has 4 aromatic carbocycles. The number of phenols is 1. The van der Waals surface area contributed by atoms with Crippen molar-refractivity contribution in [2.75, 3.05) is 17.5 Å². The van der Waals surface area contributed by atoms with E-state index in [2.05, 4.69) is 9.08 Å². The van der Waals surface area contributed by atoms with Crippen LogP contribution in [0.5, 0.6) is 5.75 Å². The van der Waals surface area contributed by atoms with Crippen molar-refractivity contribution in [1.29, 1.82) is 0 Å². The van der Waals surface area contributed by atoms with E-state index in [0.29, 0.717) is 26.3 Å². The monoisotopic (exact) mass is 452 g/mol. The minimum atomic E-state index is -3.03. The second kappa shape index (κ2) is 8.49. The molecular formula is C23H20N2O4S2. The van der Waals surface area contributed by atoms with E-state index in [1.165, 1.54) is 7.05 Å². The van der Waals surface area contributed by atoms with Crippen LogP contribution in [0.25, 0.3) is 21.5 Å². The van der Waals surface area contributed by atoms with E-state index >= 15 is 0 Å². The van der Waals surface area contributed by atoms with Crippen LogP contribution in [-0.4, -0.2) is 33.2 Å². The summed E-state index contributed by atoms with van der Waals surface area (Å²) >= 11 is 1.00. The topological polar surface area (TPSA) is 99.0 Å². The van der Waals surface area contributed by atoms with Crippen molar-refractivity contribution in [3.05, 3.63) is 72.8 Å². The van der Waals surface area contributed by atoms with Crippen LogP contribution in [0, 0.1) is 0 Å². The maximum absolute atomic E-state index is 13.8. The van der Waals surface area contributed by atoms with Crippen LogP contribution in [0.3, 0.4) is 0 Å². The normalized spacial score (nSPS) is 13.1. The number of hydrogen-bond donors (Lipinski definition) is 3. The summed E-state index contributed by atoms with van der Waals surface area (Å²) in [5, 5.41) is 22.9. The summed E-state index contributed by atoms with van der Waals surface area (Å²) in [4.78, 5) is 11.9. The van der Waals surface area contributed by atoms with Gasteiger partial charge in [-0.1, -0.05) is 54.6 Å². The molecule has 0 spiro atoms. The fourth-order valence-corrected chi connectivity index (χ4v) is 5.52. The number of aromatic hydroxyl groups is 1. The first-order chi connectivity index (χ1) is 14.9. The van der Waals surface area contributed by atoms with Gasteiger partial charge in [0.25, 0.3) is 0 Å². The molecular weight excluding hydrogens is 432 g/mol. The van der Waals surface area contributed by atoms with Gasteiger partial charge < -0.3 is 10.2 Å². The van der Waals surface area contributed by atoms with Gasteiger partial charge in [-0.3, -0.25) is 9.52 Å². The maximum Gasteiger partial charge on any atom is 0.313 e.